The Bertz CT molecular complexity index is 447. The van der Waals surface area contributed by atoms with Crippen molar-refractivity contribution < 1.29 is 0 Å². The number of rotatable bonds is 1. The molecule has 0 amide bonds. The molecule has 0 fully saturated rings. The van der Waals surface area contributed by atoms with Crippen molar-refractivity contribution in [2.24, 2.45) is 0 Å². The zero-order valence-electron chi connectivity index (χ0n) is 7.18. The van der Waals surface area contributed by atoms with Gasteiger partial charge in [0.2, 0.25) is 0 Å². The first-order chi connectivity index (χ1) is 6.66. The van der Waals surface area contributed by atoms with Crippen molar-refractivity contribution in [3.63, 3.8) is 0 Å². The van der Waals surface area contributed by atoms with Gasteiger partial charge in [-0.3, -0.25) is 0 Å². The molecule has 2 aromatic rings. The second-order valence-electron chi connectivity index (χ2n) is 2.74. The Labute approximate surface area is 88.9 Å². The molecule has 0 aliphatic heterocycles. The van der Waals surface area contributed by atoms with Gasteiger partial charge in [0, 0.05) is 16.7 Å². The van der Waals surface area contributed by atoms with E-state index in [9.17, 15) is 0 Å². The van der Waals surface area contributed by atoms with E-state index in [0.717, 1.165) is 4.47 Å². The van der Waals surface area contributed by atoms with Crippen LogP contribution in [-0.4, -0.2) is 14.8 Å². The van der Waals surface area contributed by atoms with Gasteiger partial charge >= 0.3 is 0 Å². The van der Waals surface area contributed by atoms with E-state index in [1.807, 2.05) is 6.07 Å². The van der Waals surface area contributed by atoms with Crippen LogP contribution in [0.2, 0.25) is 0 Å². The predicted octanol–water partition coefficient (Wildman–Crippen LogP) is 1.19. The molecule has 6 heteroatoms. The fraction of sp³-hybridized carbons (Fsp3) is 0. The minimum atomic E-state index is 0.382. The molecular formula is C8H8BrN5. The summed E-state index contributed by atoms with van der Waals surface area (Å²) < 4.78 is 2.39. The van der Waals surface area contributed by atoms with Crippen LogP contribution in [0.4, 0.5) is 11.6 Å². The van der Waals surface area contributed by atoms with Crippen LogP contribution in [-0.2, 0) is 0 Å². The Morgan fingerprint density at radius 2 is 2.07 bits per heavy atom. The summed E-state index contributed by atoms with van der Waals surface area (Å²) in [6, 6.07) is 5.25. The van der Waals surface area contributed by atoms with E-state index in [2.05, 4.69) is 26.0 Å². The average Bonchev–Trinajstić information content (AvgIpc) is 2.47. The second-order valence-corrected chi connectivity index (χ2v) is 3.66. The van der Waals surface area contributed by atoms with E-state index < -0.39 is 0 Å². The van der Waals surface area contributed by atoms with Crippen molar-refractivity contribution in [1.82, 2.24) is 14.8 Å². The maximum absolute atomic E-state index is 5.68. The van der Waals surface area contributed by atoms with Crippen LogP contribution < -0.4 is 11.5 Å². The third kappa shape index (κ3) is 1.56. The lowest BCUT2D eigenvalue weighted by atomic mass is 10.4. The van der Waals surface area contributed by atoms with Crippen molar-refractivity contribution in [3.05, 3.63) is 28.9 Å². The number of hydrogen-bond acceptors (Lipinski definition) is 4. The lowest BCUT2D eigenvalue weighted by molar-refractivity contribution is 0.861. The van der Waals surface area contributed by atoms with Gasteiger partial charge in [0.15, 0.2) is 5.82 Å². The van der Waals surface area contributed by atoms with Crippen LogP contribution in [0.25, 0.3) is 5.82 Å². The molecule has 0 bridgehead atoms. The summed E-state index contributed by atoms with van der Waals surface area (Å²) in [4.78, 5) is 4.14. The number of nitrogens with zero attached hydrogens (tertiary/aromatic N) is 3. The molecule has 0 unspecified atom stereocenters. The Kier molecular flexibility index (Phi) is 2.12. The molecule has 14 heavy (non-hydrogen) atoms. The Morgan fingerprint density at radius 3 is 2.57 bits per heavy atom. The van der Waals surface area contributed by atoms with E-state index in [1.54, 1.807) is 18.3 Å². The summed E-state index contributed by atoms with van der Waals surface area (Å²) >= 11 is 3.29. The van der Waals surface area contributed by atoms with Gasteiger partial charge in [0.25, 0.3) is 0 Å². The molecule has 0 atom stereocenters. The van der Waals surface area contributed by atoms with Crippen LogP contribution >= 0.6 is 15.9 Å². The third-order valence-electron chi connectivity index (χ3n) is 1.68. The van der Waals surface area contributed by atoms with E-state index in [-0.39, 0.29) is 0 Å². The maximum Gasteiger partial charge on any atom is 0.155 e. The summed E-state index contributed by atoms with van der Waals surface area (Å²) in [5.41, 5.74) is 11.2. The molecule has 2 rings (SSSR count). The normalized spacial score (nSPS) is 10.4. The van der Waals surface area contributed by atoms with Gasteiger partial charge in [-0.15, -0.1) is 5.10 Å². The maximum atomic E-state index is 5.68. The fourth-order valence-corrected chi connectivity index (χ4v) is 1.33. The van der Waals surface area contributed by atoms with Crippen molar-refractivity contribution >= 4 is 27.6 Å². The Hall–Kier alpha value is -1.56. The highest BCUT2D eigenvalue weighted by Gasteiger charge is 2.04. The Morgan fingerprint density at radius 1 is 1.29 bits per heavy atom. The van der Waals surface area contributed by atoms with Crippen LogP contribution in [0.3, 0.4) is 0 Å². The van der Waals surface area contributed by atoms with E-state index in [1.165, 1.54) is 4.68 Å². The van der Waals surface area contributed by atoms with Crippen molar-refractivity contribution in [3.8, 4) is 5.82 Å². The molecule has 2 aromatic heterocycles. The first-order valence-electron chi connectivity index (χ1n) is 3.90. The highest BCUT2D eigenvalue weighted by molar-refractivity contribution is 9.10. The zero-order valence-corrected chi connectivity index (χ0v) is 8.77. The fourth-order valence-electron chi connectivity index (χ4n) is 1.09. The van der Waals surface area contributed by atoms with Crippen LogP contribution in [0.15, 0.2) is 28.9 Å². The number of nitrogens with two attached hydrogens (primary N) is 2. The zero-order chi connectivity index (χ0) is 10.1. The van der Waals surface area contributed by atoms with Gasteiger partial charge in [-0.05, 0) is 28.1 Å². The van der Waals surface area contributed by atoms with Crippen LogP contribution in [0.1, 0.15) is 0 Å². The number of hydrogen-bond donors (Lipinski definition) is 2. The third-order valence-corrected chi connectivity index (χ3v) is 2.15. The number of nitrogen functional groups attached to an aromatic ring is 2. The molecule has 0 spiro atoms. The monoisotopic (exact) mass is 253 g/mol. The minimum absolute atomic E-state index is 0.382. The average molecular weight is 254 g/mol. The molecule has 0 aliphatic carbocycles. The van der Waals surface area contributed by atoms with Crippen LogP contribution in [0, 0.1) is 0 Å². The highest BCUT2D eigenvalue weighted by atomic mass is 79.9. The lowest BCUT2D eigenvalue weighted by Crippen LogP contribution is -2.03. The Balaban J connectivity index is 2.49. The van der Waals surface area contributed by atoms with Gasteiger partial charge in [-0.1, -0.05) is 0 Å². The van der Waals surface area contributed by atoms with Gasteiger partial charge in [-0.2, -0.15) is 4.68 Å². The number of halogens is 1. The molecule has 4 N–H and O–H groups in total. The molecular weight excluding hydrogens is 246 g/mol. The molecule has 0 saturated carbocycles. The van der Waals surface area contributed by atoms with E-state index in [0.29, 0.717) is 17.5 Å². The number of pyridine rings is 1. The smallest absolute Gasteiger partial charge is 0.155 e. The summed E-state index contributed by atoms with van der Waals surface area (Å²) in [5, 5.41) is 4.00. The van der Waals surface area contributed by atoms with Gasteiger partial charge in [-0.25, -0.2) is 4.98 Å². The predicted molar refractivity (Wildman–Crippen MR) is 57.9 cm³/mol. The van der Waals surface area contributed by atoms with Crippen molar-refractivity contribution in [2.45, 2.75) is 0 Å². The lowest BCUT2D eigenvalue weighted by Gasteiger charge is -2.01. The van der Waals surface area contributed by atoms with Gasteiger partial charge < -0.3 is 11.5 Å². The van der Waals surface area contributed by atoms with Crippen LogP contribution in [0.5, 0.6) is 0 Å². The van der Waals surface area contributed by atoms with Gasteiger partial charge in [0.05, 0.1) is 0 Å². The molecule has 2 heterocycles. The quantitative estimate of drug-likeness (QED) is 0.800. The minimum Gasteiger partial charge on any atom is -0.383 e. The van der Waals surface area contributed by atoms with Crippen molar-refractivity contribution in [1.29, 1.82) is 0 Å². The van der Waals surface area contributed by atoms with E-state index in [4.69, 9.17) is 11.5 Å². The molecule has 0 radical (unpaired) electrons. The van der Waals surface area contributed by atoms with E-state index >= 15 is 0 Å². The molecule has 0 aliphatic rings. The first kappa shape index (κ1) is 9.01. The van der Waals surface area contributed by atoms with Gasteiger partial charge in [0.1, 0.15) is 11.6 Å². The standard InChI is InChI=1S/C8H8BrN5/c9-5-1-2-8(12-4-5)14-7(11)3-6(10)13-14/h1-4H,11H2,(H2,10,13). The first-order valence-corrected chi connectivity index (χ1v) is 4.69. The largest absolute Gasteiger partial charge is 0.383 e. The molecule has 72 valence electrons. The molecule has 0 aromatic carbocycles. The SMILES string of the molecule is Nc1cc(N)n(-c2ccc(Br)cn2)n1. The summed E-state index contributed by atoms with van der Waals surface area (Å²) in [5.74, 6) is 1.49. The summed E-state index contributed by atoms with van der Waals surface area (Å²) in [6.45, 7) is 0. The topological polar surface area (TPSA) is 82.8 Å². The summed E-state index contributed by atoms with van der Waals surface area (Å²) in [7, 11) is 0. The second kappa shape index (κ2) is 3.30. The van der Waals surface area contributed by atoms with Crippen molar-refractivity contribution in [2.75, 3.05) is 11.5 Å². The molecule has 0 saturated heterocycles. The highest BCUT2D eigenvalue weighted by Crippen LogP contribution is 2.15. The molecule has 5 nitrogen and oxygen atoms in total. The number of anilines is 2. The number of aromatic nitrogens is 3. The summed E-state index contributed by atoms with van der Waals surface area (Å²) in [6.07, 6.45) is 1.67.